The van der Waals surface area contributed by atoms with E-state index in [0.29, 0.717) is 6.61 Å². The second-order valence-corrected chi connectivity index (χ2v) is 7.11. The summed E-state index contributed by atoms with van der Waals surface area (Å²) >= 11 is 0. The molecule has 0 unspecified atom stereocenters. The summed E-state index contributed by atoms with van der Waals surface area (Å²) in [6, 6.07) is 31.2. The topological polar surface area (TPSA) is 18.5 Å². The third kappa shape index (κ3) is 4.41. The molecule has 0 aliphatic rings. The Morgan fingerprint density at radius 2 is 1.18 bits per heavy atom. The maximum Gasteiger partial charge on any atom is 0.143 e. The highest BCUT2D eigenvalue weighted by molar-refractivity contribution is 5.47. The number of ether oxygens (including phenoxy) is 2. The summed E-state index contributed by atoms with van der Waals surface area (Å²) in [7, 11) is 1.73. The first-order valence-electron chi connectivity index (χ1n) is 9.64. The molecule has 28 heavy (non-hydrogen) atoms. The van der Waals surface area contributed by atoms with Gasteiger partial charge in [0.05, 0.1) is 12.7 Å². The number of methoxy groups -OCH3 is 1. The van der Waals surface area contributed by atoms with Gasteiger partial charge in [-0.1, -0.05) is 96.6 Å². The van der Waals surface area contributed by atoms with Crippen molar-refractivity contribution in [2.45, 2.75) is 25.0 Å². The fourth-order valence-corrected chi connectivity index (χ4v) is 3.59. The number of hydrogen-bond donors (Lipinski definition) is 0. The van der Waals surface area contributed by atoms with Crippen molar-refractivity contribution >= 4 is 0 Å². The summed E-state index contributed by atoms with van der Waals surface area (Å²) in [5.41, 5.74) is 3.66. The van der Waals surface area contributed by atoms with Gasteiger partial charge in [0.2, 0.25) is 0 Å². The molecule has 3 aromatic rings. The SMILES string of the molecule is C=C(C)C[C@@H](COC(c1ccccc1)(c1ccccc1)c1ccccc1)OC. The summed E-state index contributed by atoms with van der Waals surface area (Å²) < 4.78 is 12.5. The maximum absolute atomic E-state index is 6.78. The van der Waals surface area contributed by atoms with E-state index < -0.39 is 5.60 Å². The lowest BCUT2D eigenvalue weighted by Gasteiger charge is -2.37. The van der Waals surface area contributed by atoms with Crippen LogP contribution in [0.3, 0.4) is 0 Å². The Balaban J connectivity index is 2.12. The highest BCUT2D eigenvalue weighted by Gasteiger charge is 2.38. The molecule has 144 valence electrons. The predicted molar refractivity (Wildman–Crippen MR) is 115 cm³/mol. The third-order valence-corrected chi connectivity index (χ3v) is 4.94. The average molecular weight is 373 g/mol. The van der Waals surface area contributed by atoms with Gasteiger partial charge in [0.25, 0.3) is 0 Å². The van der Waals surface area contributed by atoms with Crippen molar-refractivity contribution in [2.24, 2.45) is 0 Å². The Kier molecular flexibility index (Phi) is 6.80. The minimum Gasteiger partial charge on any atom is -0.379 e. The van der Waals surface area contributed by atoms with E-state index in [0.717, 1.165) is 28.7 Å². The molecular weight excluding hydrogens is 344 g/mol. The first-order chi connectivity index (χ1) is 13.7. The van der Waals surface area contributed by atoms with Crippen LogP contribution >= 0.6 is 0 Å². The summed E-state index contributed by atoms with van der Waals surface area (Å²) in [5, 5.41) is 0. The molecule has 1 atom stereocenters. The van der Waals surface area contributed by atoms with Crippen LogP contribution in [0.25, 0.3) is 0 Å². The zero-order valence-electron chi connectivity index (χ0n) is 16.7. The third-order valence-electron chi connectivity index (χ3n) is 4.94. The molecular formula is C26H28O2. The monoisotopic (exact) mass is 372 g/mol. The summed E-state index contributed by atoms with van der Waals surface area (Å²) in [5.74, 6) is 0. The lowest BCUT2D eigenvalue weighted by Crippen LogP contribution is -2.36. The molecule has 2 nitrogen and oxygen atoms in total. The summed E-state index contributed by atoms with van der Waals surface area (Å²) in [4.78, 5) is 0. The van der Waals surface area contributed by atoms with Crippen molar-refractivity contribution in [3.05, 3.63) is 120 Å². The van der Waals surface area contributed by atoms with Gasteiger partial charge in [-0.15, -0.1) is 6.58 Å². The number of hydrogen-bond acceptors (Lipinski definition) is 2. The highest BCUT2D eigenvalue weighted by atomic mass is 16.5. The zero-order valence-corrected chi connectivity index (χ0v) is 16.7. The van der Waals surface area contributed by atoms with Crippen LogP contribution in [-0.2, 0) is 15.1 Å². The van der Waals surface area contributed by atoms with E-state index in [9.17, 15) is 0 Å². The van der Waals surface area contributed by atoms with Crippen LogP contribution in [0.5, 0.6) is 0 Å². The van der Waals surface area contributed by atoms with Gasteiger partial charge in [0, 0.05) is 7.11 Å². The quantitative estimate of drug-likeness (QED) is 0.340. The Labute approximate surface area is 168 Å². The standard InChI is InChI=1S/C26H28O2/c1-21(2)19-25(27-3)20-28-26(22-13-7-4-8-14-22,23-15-9-5-10-16-23)24-17-11-6-12-18-24/h4-18,25H,1,19-20H2,2-3H3/t25-/m0/s1. The molecule has 0 bridgehead atoms. The molecule has 3 aromatic carbocycles. The van der Waals surface area contributed by atoms with Gasteiger partial charge in [0.15, 0.2) is 0 Å². The van der Waals surface area contributed by atoms with Gasteiger partial charge in [-0.05, 0) is 30.0 Å². The average Bonchev–Trinajstić information content (AvgIpc) is 2.75. The Morgan fingerprint density at radius 1 is 0.786 bits per heavy atom. The summed E-state index contributed by atoms with van der Waals surface area (Å²) in [6.07, 6.45) is 0.721. The Hall–Kier alpha value is -2.68. The highest BCUT2D eigenvalue weighted by Crippen LogP contribution is 2.40. The predicted octanol–water partition coefficient (Wildman–Crippen LogP) is 5.98. The van der Waals surface area contributed by atoms with Crippen molar-refractivity contribution in [1.29, 1.82) is 0 Å². The summed E-state index contributed by atoms with van der Waals surface area (Å²) in [6.45, 7) is 6.51. The largest absolute Gasteiger partial charge is 0.379 e. The molecule has 0 N–H and O–H groups in total. The smallest absolute Gasteiger partial charge is 0.143 e. The zero-order chi connectivity index (χ0) is 19.8. The second-order valence-electron chi connectivity index (χ2n) is 7.11. The van der Waals surface area contributed by atoms with Gasteiger partial charge >= 0.3 is 0 Å². The molecule has 0 saturated heterocycles. The second kappa shape index (κ2) is 9.50. The van der Waals surface area contributed by atoms with Gasteiger partial charge in [-0.2, -0.15) is 0 Å². The molecule has 0 aromatic heterocycles. The first-order valence-corrected chi connectivity index (χ1v) is 9.64. The van der Waals surface area contributed by atoms with E-state index in [1.165, 1.54) is 0 Å². The van der Waals surface area contributed by atoms with E-state index in [1.807, 2.05) is 25.1 Å². The van der Waals surface area contributed by atoms with Crippen LogP contribution in [0.2, 0.25) is 0 Å². The van der Waals surface area contributed by atoms with E-state index >= 15 is 0 Å². The maximum atomic E-state index is 6.78. The number of benzene rings is 3. The van der Waals surface area contributed by atoms with Crippen molar-refractivity contribution in [1.82, 2.24) is 0 Å². The van der Waals surface area contributed by atoms with Crippen LogP contribution in [0.4, 0.5) is 0 Å². The van der Waals surface area contributed by atoms with Gasteiger partial charge < -0.3 is 9.47 Å². The van der Waals surface area contributed by atoms with E-state index in [1.54, 1.807) is 7.11 Å². The molecule has 0 fully saturated rings. The van der Waals surface area contributed by atoms with Crippen LogP contribution in [0, 0.1) is 0 Å². The van der Waals surface area contributed by atoms with Crippen molar-refractivity contribution < 1.29 is 9.47 Å². The first kappa shape index (κ1) is 20.1. The molecule has 0 radical (unpaired) electrons. The van der Waals surface area contributed by atoms with Crippen LogP contribution < -0.4 is 0 Å². The molecule has 0 saturated carbocycles. The van der Waals surface area contributed by atoms with Crippen molar-refractivity contribution in [3.63, 3.8) is 0 Å². The molecule has 0 amide bonds. The van der Waals surface area contributed by atoms with E-state index in [4.69, 9.17) is 9.47 Å². The normalized spacial score (nSPS) is 12.5. The molecule has 2 heteroatoms. The van der Waals surface area contributed by atoms with Crippen LogP contribution in [0.15, 0.2) is 103 Å². The van der Waals surface area contributed by atoms with Crippen molar-refractivity contribution in [3.8, 4) is 0 Å². The minimum absolute atomic E-state index is 0.0481. The lowest BCUT2D eigenvalue weighted by molar-refractivity contribution is -0.0510. The fourth-order valence-electron chi connectivity index (χ4n) is 3.59. The van der Waals surface area contributed by atoms with Gasteiger partial charge in [0.1, 0.15) is 5.60 Å². The van der Waals surface area contributed by atoms with Gasteiger partial charge in [-0.25, -0.2) is 0 Å². The van der Waals surface area contributed by atoms with Crippen LogP contribution in [-0.4, -0.2) is 19.8 Å². The molecule has 0 aliphatic heterocycles. The fraction of sp³-hybridized carbons (Fsp3) is 0.231. The van der Waals surface area contributed by atoms with E-state index in [-0.39, 0.29) is 6.10 Å². The van der Waals surface area contributed by atoms with Gasteiger partial charge in [-0.3, -0.25) is 0 Å². The Morgan fingerprint density at radius 3 is 1.50 bits per heavy atom. The van der Waals surface area contributed by atoms with E-state index in [2.05, 4.69) is 79.4 Å². The molecule has 0 heterocycles. The van der Waals surface area contributed by atoms with Crippen LogP contribution in [0.1, 0.15) is 30.0 Å². The number of rotatable bonds is 9. The lowest BCUT2D eigenvalue weighted by atomic mass is 9.80. The molecule has 3 rings (SSSR count). The Bertz CT molecular complexity index is 760. The molecule has 0 spiro atoms. The minimum atomic E-state index is -0.713. The molecule has 0 aliphatic carbocycles. The van der Waals surface area contributed by atoms with Crippen molar-refractivity contribution in [2.75, 3.05) is 13.7 Å².